The molecule has 9 aliphatic rings. The van der Waals surface area contributed by atoms with Crippen LogP contribution in [-0.2, 0) is 47.5 Å². The van der Waals surface area contributed by atoms with Gasteiger partial charge in [0.05, 0.1) is 43.4 Å². The van der Waals surface area contributed by atoms with Crippen LogP contribution in [0.3, 0.4) is 0 Å². The van der Waals surface area contributed by atoms with E-state index in [2.05, 4.69) is 40.7 Å². The Balaban J connectivity index is 0.991. The van der Waals surface area contributed by atoms with Crippen molar-refractivity contribution in [3.63, 3.8) is 0 Å². The van der Waals surface area contributed by atoms with E-state index >= 15 is 4.79 Å². The second kappa shape index (κ2) is 22.4. The lowest BCUT2D eigenvalue weighted by Crippen LogP contribution is -2.67. The number of carbonyl (C=O) groups excluding carboxylic acids is 2. The molecule has 0 aromatic heterocycles. The van der Waals surface area contributed by atoms with Gasteiger partial charge < -0.3 is 114 Å². The van der Waals surface area contributed by atoms with Crippen molar-refractivity contribution < 1.29 is 124 Å². The number of carbonyl (C=O) groups is 2. The quantitative estimate of drug-likeness (QED) is 0.0665. The second-order valence-electron chi connectivity index (χ2n) is 26.1. The summed E-state index contributed by atoms with van der Waals surface area (Å²) in [6.45, 7) is 9.58. The molecular weight excluding hydrogens is 1050 g/mol. The maximum absolute atomic E-state index is 15.5. The average molecular weight is 1140 g/mol. The minimum atomic E-state index is -2.03. The fourth-order valence-electron chi connectivity index (χ4n) is 16.2. The number of aliphatic hydroxyl groups is 15. The molecule has 4 saturated heterocycles. The molecule has 0 radical (unpaired) electrons. The summed E-state index contributed by atoms with van der Waals surface area (Å²) in [6.07, 6.45) is -29.1. The number of esters is 2. The predicted molar refractivity (Wildman–Crippen MR) is 264 cm³/mol. The van der Waals surface area contributed by atoms with E-state index in [-0.39, 0.29) is 17.8 Å². The first-order valence-corrected chi connectivity index (χ1v) is 28.0. The van der Waals surface area contributed by atoms with Crippen molar-refractivity contribution in [2.45, 2.75) is 235 Å². The number of aliphatic hydroxyl groups excluding tert-OH is 15. The molecular formula is C54H86O25. The maximum atomic E-state index is 15.5. The number of allylic oxidation sites excluding steroid dienone is 2. The molecule has 0 spiro atoms. The molecule has 2 unspecified atom stereocenters. The van der Waals surface area contributed by atoms with Gasteiger partial charge in [0.1, 0.15) is 97.7 Å². The normalized spacial score (nSPS) is 53.5. The minimum absolute atomic E-state index is 0.0459. The van der Waals surface area contributed by atoms with Crippen molar-refractivity contribution in [2.75, 3.05) is 26.4 Å². The van der Waals surface area contributed by atoms with Crippen LogP contribution in [-0.4, -0.2) is 244 Å². The molecule has 8 fully saturated rings. The Morgan fingerprint density at radius 3 is 1.63 bits per heavy atom. The van der Waals surface area contributed by atoms with Gasteiger partial charge in [0.15, 0.2) is 12.6 Å². The molecule has 452 valence electrons. The third-order valence-electron chi connectivity index (χ3n) is 21.5. The molecule has 4 aliphatic heterocycles. The highest BCUT2D eigenvalue weighted by atomic mass is 16.8. The molecule has 4 heterocycles. The summed E-state index contributed by atoms with van der Waals surface area (Å²) < 4.78 is 46.5. The Hall–Kier alpha value is -2.16. The van der Waals surface area contributed by atoms with Crippen molar-refractivity contribution in [1.29, 1.82) is 0 Å². The molecule has 0 amide bonds. The van der Waals surface area contributed by atoms with Crippen LogP contribution < -0.4 is 0 Å². The molecule has 25 heteroatoms. The largest absolute Gasteiger partial charge is 0.432 e. The van der Waals surface area contributed by atoms with Crippen LogP contribution in [0.15, 0.2) is 11.6 Å². The van der Waals surface area contributed by atoms with E-state index in [4.69, 9.17) is 37.9 Å². The molecule has 4 saturated carbocycles. The third-order valence-corrected chi connectivity index (χ3v) is 21.5. The lowest BCUT2D eigenvalue weighted by atomic mass is 9.33. The average Bonchev–Trinajstić information content (AvgIpc) is 3.58. The monoisotopic (exact) mass is 1130 g/mol. The first-order chi connectivity index (χ1) is 37.0. The van der Waals surface area contributed by atoms with E-state index in [1.54, 1.807) is 6.92 Å². The van der Waals surface area contributed by atoms with Crippen LogP contribution >= 0.6 is 0 Å². The third kappa shape index (κ3) is 9.95. The summed E-state index contributed by atoms with van der Waals surface area (Å²) in [5, 5.41) is 160. The minimum Gasteiger partial charge on any atom is -0.432 e. The molecule has 9 rings (SSSR count). The molecule has 29 atom stereocenters. The number of ether oxygens (including phenoxy) is 8. The SMILES string of the molecule is CC1(C)CC[C@]2(C(=O)O[C@@H]3O[C@H](CO[C@@H]4O[C@H](CO)[C@@H](O)[C@H](O)[C@H]4O)[C@H](O)[C@H](O[C@@H]4O[C@H](CO)[C@@H](O)[C@H](O)[C@H]4O)[C@H]3O)CC[C@]3(C)C(=CCC4[C@@]5(C)CC[C@H](O)[C@@](C)(C(=O)O[C@@H]6O[C@H](CO)[C@H](O)[C@H](O)[C@H]6O)C5CC[C@]43C)[C@@H]2C1. The summed E-state index contributed by atoms with van der Waals surface area (Å²) in [6, 6.07) is 0. The van der Waals surface area contributed by atoms with Gasteiger partial charge in [-0.2, -0.15) is 0 Å². The topological polar surface area (TPSA) is 411 Å². The van der Waals surface area contributed by atoms with Gasteiger partial charge in [0, 0.05) is 0 Å². The van der Waals surface area contributed by atoms with Crippen LogP contribution in [0, 0.1) is 50.2 Å². The van der Waals surface area contributed by atoms with Gasteiger partial charge in [-0.25, -0.2) is 0 Å². The Morgan fingerprint density at radius 1 is 0.532 bits per heavy atom. The summed E-state index contributed by atoms with van der Waals surface area (Å²) in [7, 11) is 0. The molecule has 25 nitrogen and oxygen atoms in total. The van der Waals surface area contributed by atoms with Gasteiger partial charge in [0.2, 0.25) is 12.6 Å². The summed E-state index contributed by atoms with van der Waals surface area (Å²) >= 11 is 0. The number of rotatable bonds is 12. The van der Waals surface area contributed by atoms with Crippen LogP contribution in [0.1, 0.15) is 106 Å². The van der Waals surface area contributed by atoms with Gasteiger partial charge in [-0.15, -0.1) is 0 Å². The van der Waals surface area contributed by atoms with Crippen molar-refractivity contribution in [1.82, 2.24) is 0 Å². The number of hydrogen-bond acceptors (Lipinski definition) is 25. The van der Waals surface area contributed by atoms with E-state index in [9.17, 15) is 81.4 Å². The summed E-state index contributed by atoms with van der Waals surface area (Å²) in [5.41, 5.74) is -3.34. The predicted octanol–water partition coefficient (Wildman–Crippen LogP) is -3.54. The summed E-state index contributed by atoms with van der Waals surface area (Å²) in [5.74, 6) is -2.42. The maximum Gasteiger partial charge on any atom is 0.317 e. The molecule has 0 aromatic rings. The van der Waals surface area contributed by atoms with Crippen LogP contribution in [0.5, 0.6) is 0 Å². The Kier molecular flexibility index (Phi) is 17.4. The lowest BCUT2D eigenvalue weighted by Gasteiger charge is -2.71. The molecule has 0 bridgehead atoms. The highest BCUT2D eigenvalue weighted by Crippen LogP contribution is 2.76. The summed E-state index contributed by atoms with van der Waals surface area (Å²) in [4.78, 5) is 30.0. The zero-order chi connectivity index (χ0) is 57.9. The molecule has 79 heavy (non-hydrogen) atoms. The van der Waals surface area contributed by atoms with Crippen LogP contribution in [0.4, 0.5) is 0 Å². The highest BCUT2D eigenvalue weighted by Gasteiger charge is 2.72. The van der Waals surface area contributed by atoms with Gasteiger partial charge >= 0.3 is 11.9 Å². The van der Waals surface area contributed by atoms with Crippen LogP contribution in [0.2, 0.25) is 0 Å². The second-order valence-corrected chi connectivity index (χ2v) is 26.1. The van der Waals surface area contributed by atoms with Gasteiger partial charge in [-0.05, 0) is 111 Å². The van der Waals surface area contributed by atoms with Crippen molar-refractivity contribution in [3.8, 4) is 0 Å². The zero-order valence-electron chi connectivity index (χ0n) is 45.6. The number of hydrogen-bond donors (Lipinski definition) is 15. The van der Waals surface area contributed by atoms with Crippen LogP contribution in [0.25, 0.3) is 0 Å². The van der Waals surface area contributed by atoms with E-state index in [0.29, 0.717) is 57.8 Å². The van der Waals surface area contributed by atoms with Gasteiger partial charge in [0.25, 0.3) is 0 Å². The molecule has 0 aromatic carbocycles. The van der Waals surface area contributed by atoms with Gasteiger partial charge in [-0.1, -0.05) is 46.3 Å². The first-order valence-electron chi connectivity index (χ1n) is 28.0. The Morgan fingerprint density at radius 2 is 1.04 bits per heavy atom. The van der Waals surface area contributed by atoms with E-state index < -0.39 is 206 Å². The van der Waals surface area contributed by atoms with Crippen molar-refractivity contribution >= 4 is 11.9 Å². The van der Waals surface area contributed by atoms with E-state index in [1.807, 2.05) is 0 Å². The van der Waals surface area contributed by atoms with E-state index in [1.165, 1.54) is 0 Å². The smallest absolute Gasteiger partial charge is 0.317 e. The standard InChI is InChI=1S/C54H86O25/c1-49(2)13-15-54(48(71)79-46-41(69)42(77-44-39(67)36(64)32(60)25(19-56)74-44)34(62)27(76-46)21-72-43-38(66)35(63)31(59)24(18-55)73-43)16-14-51(4)22(23(54)17-49)7-8-28-50(3)11-10-30(58)53(6,29(50)9-12-52(28,51)5)47(70)78-45-40(68)37(65)33(61)26(20-57)75-45/h7,23-46,55-69H,8-21H2,1-6H3/t23-,24+,25+,26+,27+,28?,29?,30-,31+,32+,33-,34-,35-,36-,37-,38+,39+,40+,41+,42-,43+,44-,45-,46-,50+,51+,52+,53-,54-/m0/s1. The lowest BCUT2D eigenvalue weighted by molar-refractivity contribution is -0.363. The Labute approximate surface area is 457 Å². The van der Waals surface area contributed by atoms with Crippen molar-refractivity contribution in [3.05, 3.63) is 11.6 Å². The fraction of sp³-hybridized carbons (Fsp3) is 0.926. The molecule has 15 N–H and O–H groups in total. The first kappa shape index (κ1) is 61.4. The van der Waals surface area contributed by atoms with Gasteiger partial charge in [-0.3, -0.25) is 9.59 Å². The highest BCUT2D eigenvalue weighted by molar-refractivity contribution is 5.79. The van der Waals surface area contributed by atoms with E-state index in [0.717, 1.165) is 5.57 Å². The Bertz CT molecular complexity index is 2220. The zero-order valence-corrected chi connectivity index (χ0v) is 45.6. The van der Waals surface area contributed by atoms with Crippen molar-refractivity contribution in [2.24, 2.45) is 50.2 Å². The number of fused-ring (bicyclic) bond motifs is 7. The molecule has 5 aliphatic carbocycles. The fourth-order valence-corrected chi connectivity index (χ4v) is 16.2.